The van der Waals surface area contributed by atoms with Crippen LogP contribution in [0.5, 0.6) is 0 Å². The number of nitro groups is 1. The first-order valence-electron chi connectivity index (χ1n) is 8.10. The van der Waals surface area contributed by atoms with Crippen LogP contribution in [0.1, 0.15) is 32.0 Å². The molecule has 0 aliphatic rings. The second-order valence-electron chi connectivity index (χ2n) is 5.40. The van der Waals surface area contributed by atoms with Crippen molar-refractivity contribution in [3.63, 3.8) is 0 Å². The van der Waals surface area contributed by atoms with E-state index in [1.165, 1.54) is 6.07 Å². The third-order valence-electron chi connectivity index (χ3n) is 3.54. The number of carbonyl (C=O) groups is 1. The van der Waals surface area contributed by atoms with E-state index in [4.69, 9.17) is 0 Å². The number of aromatic nitrogens is 4. The van der Waals surface area contributed by atoms with Crippen LogP contribution >= 0.6 is 0 Å². The summed E-state index contributed by atoms with van der Waals surface area (Å²) in [5.74, 6) is 0.421. The Balaban J connectivity index is 1.76. The van der Waals surface area contributed by atoms with Gasteiger partial charge in [-0.05, 0) is 22.9 Å². The number of benzene rings is 1. The first-order valence-corrected chi connectivity index (χ1v) is 8.10. The molecule has 0 aliphatic carbocycles. The van der Waals surface area contributed by atoms with E-state index < -0.39 is 4.92 Å². The first-order chi connectivity index (χ1) is 12.1. The van der Waals surface area contributed by atoms with Crippen molar-refractivity contribution < 1.29 is 9.72 Å². The minimum Gasteiger partial charge on any atom is -0.379 e. The molecule has 0 fully saturated rings. The monoisotopic (exact) mass is 347 g/mol. The molecule has 2 rings (SSSR count). The normalized spacial score (nSPS) is 10.4. The molecule has 0 aliphatic heterocycles. The lowest BCUT2D eigenvalue weighted by Crippen LogP contribution is -2.26. The van der Waals surface area contributed by atoms with E-state index in [1.54, 1.807) is 22.9 Å². The topological polar surface area (TPSA) is 128 Å². The lowest BCUT2D eigenvalue weighted by atomic mass is 10.2. The third-order valence-corrected chi connectivity index (χ3v) is 3.54. The molecule has 2 aromatic rings. The molecule has 2 N–H and O–H groups in total. The quantitative estimate of drug-likeness (QED) is 0.492. The minimum absolute atomic E-state index is 0.0157. The lowest BCUT2D eigenvalue weighted by molar-refractivity contribution is -0.384. The van der Waals surface area contributed by atoms with Gasteiger partial charge in [0, 0.05) is 25.6 Å². The van der Waals surface area contributed by atoms with E-state index in [0.29, 0.717) is 18.1 Å². The van der Waals surface area contributed by atoms with E-state index >= 15 is 0 Å². The Labute approximate surface area is 144 Å². The molecule has 0 saturated carbocycles. The van der Waals surface area contributed by atoms with E-state index in [-0.39, 0.29) is 31.1 Å². The lowest BCUT2D eigenvalue weighted by Gasteiger charge is -2.08. The molecule has 1 amide bonds. The number of hydrogen-bond donors (Lipinski definition) is 2. The van der Waals surface area contributed by atoms with Crippen molar-refractivity contribution >= 4 is 17.3 Å². The second-order valence-corrected chi connectivity index (χ2v) is 5.40. The Hall–Kier alpha value is -3.04. The summed E-state index contributed by atoms with van der Waals surface area (Å²) in [5, 5.41) is 28.0. The Bertz CT molecular complexity index is 717. The number of aryl methyl sites for hydroxylation is 1. The van der Waals surface area contributed by atoms with Gasteiger partial charge >= 0.3 is 0 Å². The van der Waals surface area contributed by atoms with Gasteiger partial charge in [-0.3, -0.25) is 14.9 Å². The molecule has 1 heterocycles. The van der Waals surface area contributed by atoms with Crippen molar-refractivity contribution in [2.45, 2.75) is 39.3 Å². The SMILES string of the molecule is CCCCn1nnnc1CNC(=O)CCNc1ccccc1[N+](=O)[O-]. The molecule has 25 heavy (non-hydrogen) atoms. The van der Waals surface area contributed by atoms with Crippen molar-refractivity contribution in [2.24, 2.45) is 0 Å². The highest BCUT2D eigenvalue weighted by Gasteiger charge is 2.12. The van der Waals surface area contributed by atoms with Gasteiger partial charge in [0.25, 0.3) is 5.69 Å². The number of carbonyl (C=O) groups excluding carboxylic acids is 1. The van der Waals surface area contributed by atoms with Crippen molar-refractivity contribution in [2.75, 3.05) is 11.9 Å². The van der Waals surface area contributed by atoms with Crippen molar-refractivity contribution in [1.29, 1.82) is 0 Å². The molecular formula is C15H21N7O3. The standard InChI is InChI=1S/C15H21N7O3/c1-2-3-10-21-14(18-19-20-21)11-17-15(23)8-9-16-12-6-4-5-7-13(12)22(24)25/h4-7,16H,2-3,8-11H2,1H3,(H,17,23). The fourth-order valence-corrected chi connectivity index (χ4v) is 2.19. The van der Waals surface area contributed by atoms with Gasteiger partial charge in [0.1, 0.15) is 5.69 Å². The number of nitrogens with one attached hydrogen (secondary N) is 2. The summed E-state index contributed by atoms with van der Waals surface area (Å²) in [6.07, 6.45) is 2.18. The summed E-state index contributed by atoms with van der Waals surface area (Å²) in [6, 6.07) is 6.32. The fraction of sp³-hybridized carbons (Fsp3) is 0.467. The van der Waals surface area contributed by atoms with Crippen molar-refractivity contribution in [3.05, 3.63) is 40.2 Å². The summed E-state index contributed by atoms with van der Waals surface area (Å²) in [7, 11) is 0. The predicted molar refractivity (Wildman–Crippen MR) is 90.8 cm³/mol. The van der Waals surface area contributed by atoms with Crippen LogP contribution in [0.15, 0.2) is 24.3 Å². The van der Waals surface area contributed by atoms with E-state index in [2.05, 4.69) is 33.1 Å². The van der Waals surface area contributed by atoms with Crippen molar-refractivity contribution in [3.8, 4) is 0 Å². The summed E-state index contributed by atoms with van der Waals surface area (Å²) in [6.45, 7) is 3.34. The van der Waals surface area contributed by atoms with Crippen LogP contribution in [0.25, 0.3) is 0 Å². The van der Waals surface area contributed by atoms with E-state index in [9.17, 15) is 14.9 Å². The molecule has 1 aromatic heterocycles. The minimum atomic E-state index is -0.460. The summed E-state index contributed by atoms with van der Waals surface area (Å²) < 4.78 is 1.68. The number of hydrogen-bond acceptors (Lipinski definition) is 7. The van der Waals surface area contributed by atoms with Gasteiger partial charge in [0.2, 0.25) is 5.91 Å². The number of anilines is 1. The maximum absolute atomic E-state index is 11.9. The molecule has 0 bridgehead atoms. The highest BCUT2D eigenvalue weighted by Crippen LogP contribution is 2.22. The Kier molecular flexibility index (Phi) is 6.81. The van der Waals surface area contributed by atoms with Gasteiger partial charge < -0.3 is 10.6 Å². The van der Waals surface area contributed by atoms with E-state index in [1.807, 2.05) is 0 Å². The Morgan fingerprint density at radius 3 is 2.92 bits per heavy atom. The van der Waals surface area contributed by atoms with E-state index in [0.717, 1.165) is 12.8 Å². The number of para-hydroxylation sites is 2. The number of tetrazole rings is 1. The van der Waals surface area contributed by atoms with Crippen LogP contribution < -0.4 is 10.6 Å². The van der Waals surface area contributed by atoms with Gasteiger partial charge in [-0.15, -0.1) is 5.10 Å². The third kappa shape index (κ3) is 5.52. The number of unbranched alkanes of at least 4 members (excludes halogenated alkanes) is 1. The fourth-order valence-electron chi connectivity index (χ4n) is 2.19. The molecule has 0 atom stereocenters. The number of nitro benzene ring substituents is 1. The molecule has 1 aromatic carbocycles. The zero-order valence-electron chi connectivity index (χ0n) is 14.0. The summed E-state index contributed by atoms with van der Waals surface area (Å²) in [4.78, 5) is 22.4. The van der Waals surface area contributed by atoms with Crippen LogP contribution in [-0.2, 0) is 17.9 Å². The van der Waals surface area contributed by atoms with Gasteiger partial charge in [-0.2, -0.15) is 0 Å². The van der Waals surface area contributed by atoms with Gasteiger partial charge in [0.15, 0.2) is 5.82 Å². The maximum Gasteiger partial charge on any atom is 0.292 e. The second kappa shape index (κ2) is 9.30. The number of rotatable bonds is 10. The highest BCUT2D eigenvalue weighted by molar-refractivity contribution is 5.76. The molecule has 0 saturated heterocycles. The molecule has 0 radical (unpaired) electrons. The van der Waals surface area contributed by atoms with Crippen LogP contribution in [0.4, 0.5) is 11.4 Å². The average molecular weight is 347 g/mol. The first kappa shape index (κ1) is 18.3. The predicted octanol–water partition coefficient (Wildman–Crippen LogP) is 1.50. The van der Waals surface area contributed by atoms with Gasteiger partial charge in [-0.1, -0.05) is 25.5 Å². The van der Waals surface area contributed by atoms with Crippen LogP contribution in [0.2, 0.25) is 0 Å². The number of amides is 1. The Morgan fingerprint density at radius 1 is 1.36 bits per heavy atom. The van der Waals surface area contributed by atoms with Crippen LogP contribution in [0.3, 0.4) is 0 Å². The Morgan fingerprint density at radius 2 is 2.16 bits per heavy atom. The summed E-state index contributed by atoms with van der Waals surface area (Å²) in [5.41, 5.74) is 0.377. The molecule has 10 nitrogen and oxygen atoms in total. The summed E-state index contributed by atoms with van der Waals surface area (Å²) >= 11 is 0. The molecule has 134 valence electrons. The zero-order chi connectivity index (χ0) is 18.1. The smallest absolute Gasteiger partial charge is 0.292 e. The zero-order valence-corrected chi connectivity index (χ0v) is 14.0. The molecule has 0 spiro atoms. The molecule has 0 unspecified atom stereocenters. The van der Waals surface area contributed by atoms with Crippen LogP contribution in [-0.4, -0.2) is 37.6 Å². The molecule has 10 heteroatoms. The van der Waals surface area contributed by atoms with Gasteiger partial charge in [-0.25, -0.2) is 4.68 Å². The number of nitrogens with zero attached hydrogens (tertiary/aromatic N) is 5. The van der Waals surface area contributed by atoms with Crippen LogP contribution in [0, 0.1) is 10.1 Å². The average Bonchev–Trinajstić information content (AvgIpc) is 3.05. The van der Waals surface area contributed by atoms with Crippen molar-refractivity contribution in [1.82, 2.24) is 25.5 Å². The highest BCUT2D eigenvalue weighted by atomic mass is 16.6. The maximum atomic E-state index is 11.9. The largest absolute Gasteiger partial charge is 0.379 e. The molecular weight excluding hydrogens is 326 g/mol. The van der Waals surface area contributed by atoms with Gasteiger partial charge in [0.05, 0.1) is 11.5 Å².